The van der Waals surface area contributed by atoms with Crippen molar-refractivity contribution < 1.29 is 34.1 Å². The summed E-state index contributed by atoms with van der Waals surface area (Å²) in [5, 5.41) is 31.0. The average molecular weight is 811 g/mol. The van der Waals surface area contributed by atoms with Crippen LogP contribution in [0.2, 0.25) is 0 Å². The molecule has 4 rings (SSSR count). The molecule has 3 amide bonds. The Morgan fingerprint density at radius 3 is 1.64 bits per heavy atom. The van der Waals surface area contributed by atoms with E-state index in [1.54, 1.807) is 32.5 Å². The van der Waals surface area contributed by atoms with Crippen LogP contribution in [0.25, 0.3) is 0 Å². The largest absolute Gasteiger partial charge is 0.480 e. The zero-order valence-corrected chi connectivity index (χ0v) is 34.8. The lowest BCUT2D eigenvalue weighted by Crippen LogP contribution is -2.58. The van der Waals surface area contributed by atoms with Gasteiger partial charge in [0.05, 0.1) is 16.8 Å². The molecule has 310 valence electrons. The molecule has 0 fully saturated rings. The Morgan fingerprint density at radius 2 is 1.19 bits per heavy atom. The van der Waals surface area contributed by atoms with Crippen molar-refractivity contribution in [3.63, 3.8) is 0 Å². The quantitative estimate of drug-likeness (QED) is 0.0531. The van der Waals surface area contributed by atoms with Gasteiger partial charge < -0.3 is 36.2 Å². The van der Waals surface area contributed by atoms with Gasteiger partial charge in [0.25, 0.3) is 0 Å². The number of benzene rings is 4. The van der Waals surface area contributed by atoms with Crippen molar-refractivity contribution in [2.45, 2.75) is 88.4 Å². The number of hydrogen-bond donors (Lipinski definition) is 6. The average Bonchev–Trinajstić information content (AvgIpc) is 3.21. The fourth-order valence-corrected chi connectivity index (χ4v) is 8.22. The van der Waals surface area contributed by atoms with Crippen molar-refractivity contribution in [2.75, 3.05) is 18.9 Å². The van der Waals surface area contributed by atoms with Crippen LogP contribution < -0.4 is 21.3 Å². The van der Waals surface area contributed by atoms with E-state index in [-0.39, 0.29) is 25.3 Å². The van der Waals surface area contributed by atoms with Gasteiger partial charge >= 0.3 is 12.1 Å². The molecule has 0 aromatic heterocycles. The van der Waals surface area contributed by atoms with Crippen LogP contribution in [0, 0.1) is 5.92 Å². The van der Waals surface area contributed by atoms with Crippen molar-refractivity contribution in [3.05, 3.63) is 144 Å². The Labute approximate surface area is 346 Å². The second-order valence-electron chi connectivity index (χ2n) is 15.4. The number of carboxylic acids is 1. The summed E-state index contributed by atoms with van der Waals surface area (Å²) in [6.45, 7) is 9.03. The summed E-state index contributed by atoms with van der Waals surface area (Å²) in [5.74, 6) is -2.21. The summed E-state index contributed by atoms with van der Waals surface area (Å²) in [4.78, 5) is 53.1. The van der Waals surface area contributed by atoms with E-state index in [4.69, 9.17) is 4.74 Å². The van der Waals surface area contributed by atoms with Gasteiger partial charge in [-0.1, -0.05) is 142 Å². The second-order valence-corrected chi connectivity index (χ2v) is 16.6. The highest BCUT2D eigenvalue weighted by Crippen LogP contribution is 2.48. The summed E-state index contributed by atoms with van der Waals surface area (Å²) >= 11 is 1.67. The Balaban J connectivity index is 1.66. The molecule has 0 aliphatic carbocycles. The number of aliphatic carboxylic acids is 1. The number of nitrogens with one attached hydrogen (secondary N) is 4. The maximum atomic E-state index is 14.3. The zero-order valence-electron chi connectivity index (χ0n) is 34.0. The number of ether oxygens (including phenoxy) is 1. The topological polar surface area (TPSA) is 166 Å². The van der Waals surface area contributed by atoms with Crippen LogP contribution in [0.1, 0.15) is 69.7 Å². The van der Waals surface area contributed by atoms with Gasteiger partial charge in [0, 0.05) is 31.7 Å². The Kier molecular flexibility index (Phi) is 17.4. The maximum Gasteiger partial charge on any atom is 0.407 e. The number of amides is 3. The summed E-state index contributed by atoms with van der Waals surface area (Å²) in [6, 6.07) is 36.1. The van der Waals surface area contributed by atoms with E-state index < -0.39 is 65.0 Å². The Bertz CT molecular complexity index is 1780. The lowest BCUT2D eigenvalue weighted by Gasteiger charge is -2.37. The first-order chi connectivity index (χ1) is 27.8. The van der Waals surface area contributed by atoms with Crippen molar-refractivity contribution in [2.24, 2.45) is 5.92 Å². The number of carbonyl (C=O) groups excluding carboxylic acids is 3. The zero-order chi connectivity index (χ0) is 42.1. The molecule has 0 saturated carbocycles. The summed E-state index contributed by atoms with van der Waals surface area (Å²) < 4.78 is 5.04. The number of rotatable bonds is 21. The highest BCUT2D eigenvalue weighted by molar-refractivity contribution is 8.00. The number of aliphatic hydroxyl groups excluding tert-OH is 1. The summed E-state index contributed by atoms with van der Waals surface area (Å²) in [5.41, 5.74) is 3.20. The smallest absolute Gasteiger partial charge is 0.407 e. The van der Waals surface area contributed by atoms with Crippen LogP contribution in [-0.2, 0) is 30.3 Å². The molecule has 0 aliphatic rings. The minimum Gasteiger partial charge on any atom is -0.480 e. The number of carbonyl (C=O) groups is 4. The second kappa shape index (κ2) is 22.1. The van der Waals surface area contributed by atoms with E-state index in [2.05, 4.69) is 57.7 Å². The normalized spacial score (nSPS) is 14.2. The van der Waals surface area contributed by atoms with E-state index in [9.17, 15) is 29.4 Å². The third-order valence-electron chi connectivity index (χ3n) is 9.79. The number of aliphatic hydroxyl groups is 1. The molecule has 6 N–H and O–H groups in total. The van der Waals surface area contributed by atoms with Crippen LogP contribution >= 0.6 is 11.8 Å². The van der Waals surface area contributed by atoms with E-state index >= 15 is 0 Å². The highest BCUT2D eigenvalue weighted by atomic mass is 32.2. The third kappa shape index (κ3) is 13.2. The Hall–Kier alpha value is -5.17. The minimum atomic E-state index is -1.33. The van der Waals surface area contributed by atoms with Gasteiger partial charge in [-0.2, -0.15) is 0 Å². The first kappa shape index (κ1) is 45.5. The van der Waals surface area contributed by atoms with Crippen molar-refractivity contribution in [1.29, 1.82) is 0 Å². The predicted octanol–water partition coefficient (Wildman–Crippen LogP) is 6.29. The van der Waals surface area contributed by atoms with Crippen LogP contribution in [0.3, 0.4) is 0 Å². The number of alkyl carbamates (subject to hydrolysis) is 1. The molecule has 11 nitrogen and oxygen atoms in total. The third-order valence-corrected chi connectivity index (χ3v) is 11.5. The first-order valence-corrected chi connectivity index (χ1v) is 20.8. The predicted molar refractivity (Wildman–Crippen MR) is 229 cm³/mol. The standard InChI is InChI=1S/C46H58N4O7S/c1-6-32(2)40(42(53)50-39(29-33-19-11-7-12-20-33)41(52)49-38(27-28-51)43(54)55)47-30-37(48-44(56)57-45(3,4)5)31-58-46(34-21-13-8-14-22-34,35-23-15-9-16-24-35)36-25-17-10-18-26-36/h7-26,32,37-40,47,51H,6,27-31H2,1-5H3,(H,48,56)(H,49,52)(H,50,53)(H,54,55)/t32-,37+,38-,39-,40-/m0/s1. The van der Waals surface area contributed by atoms with Crippen LogP contribution in [0.4, 0.5) is 4.79 Å². The lowest BCUT2D eigenvalue weighted by molar-refractivity contribution is -0.142. The fourth-order valence-electron chi connectivity index (χ4n) is 6.66. The molecule has 0 bridgehead atoms. The minimum absolute atomic E-state index is 0.108. The van der Waals surface area contributed by atoms with Gasteiger partial charge in [0.2, 0.25) is 11.8 Å². The molecular formula is C46H58N4O7S. The van der Waals surface area contributed by atoms with Gasteiger partial charge in [0.1, 0.15) is 17.7 Å². The summed E-state index contributed by atoms with van der Waals surface area (Å²) in [6.07, 6.45) is -0.0496. The molecule has 58 heavy (non-hydrogen) atoms. The molecule has 0 unspecified atom stereocenters. The molecular weight excluding hydrogens is 753 g/mol. The van der Waals surface area contributed by atoms with Gasteiger partial charge in [-0.15, -0.1) is 11.8 Å². The maximum absolute atomic E-state index is 14.3. The van der Waals surface area contributed by atoms with Crippen molar-refractivity contribution in [3.8, 4) is 0 Å². The molecule has 5 atom stereocenters. The highest BCUT2D eigenvalue weighted by Gasteiger charge is 2.38. The van der Waals surface area contributed by atoms with Crippen molar-refractivity contribution in [1.82, 2.24) is 21.3 Å². The molecule has 0 spiro atoms. The molecule has 4 aromatic rings. The molecule has 4 aromatic carbocycles. The number of thioether (sulfide) groups is 1. The van der Waals surface area contributed by atoms with Gasteiger partial charge in [-0.05, 0) is 48.9 Å². The van der Waals surface area contributed by atoms with Crippen LogP contribution in [0.15, 0.2) is 121 Å². The summed E-state index contributed by atoms with van der Waals surface area (Å²) in [7, 11) is 0. The van der Waals surface area contributed by atoms with E-state index in [0.29, 0.717) is 12.2 Å². The lowest BCUT2D eigenvalue weighted by atomic mass is 9.84. The van der Waals surface area contributed by atoms with Gasteiger partial charge in [-0.25, -0.2) is 9.59 Å². The van der Waals surface area contributed by atoms with Crippen LogP contribution in [-0.4, -0.2) is 82.8 Å². The molecule has 0 radical (unpaired) electrons. The van der Waals surface area contributed by atoms with Crippen LogP contribution in [0.5, 0.6) is 0 Å². The van der Waals surface area contributed by atoms with Gasteiger partial charge in [-0.3, -0.25) is 9.59 Å². The number of carboxylic acid groups (broad SMARTS) is 1. The fraction of sp³-hybridized carbons (Fsp3) is 0.391. The van der Waals surface area contributed by atoms with E-state index in [1.165, 1.54) is 0 Å². The first-order valence-electron chi connectivity index (χ1n) is 19.8. The van der Waals surface area contributed by atoms with Crippen molar-refractivity contribution >= 4 is 35.6 Å². The molecule has 0 aliphatic heterocycles. The SMILES string of the molecule is CC[C@H](C)[C@H](NC[C@H](CSC(c1ccccc1)(c1ccccc1)c1ccccc1)NC(=O)OC(C)(C)C)C(=O)N[C@@H](Cc1ccccc1)C(=O)N[C@@H](CCO)C(=O)O. The van der Waals surface area contributed by atoms with Gasteiger partial charge in [0.15, 0.2) is 0 Å². The number of hydrogen-bond acceptors (Lipinski definition) is 8. The molecule has 0 saturated heterocycles. The Morgan fingerprint density at radius 1 is 0.707 bits per heavy atom. The molecule has 12 heteroatoms. The monoisotopic (exact) mass is 810 g/mol. The molecule has 0 heterocycles. The van der Waals surface area contributed by atoms with E-state index in [1.807, 2.05) is 98.8 Å². The van der Waals surface area contributed by atoms with E-state index in [0.717, 1.165) is 22.3 Å².